The van der Waals surface area contributed by atoms with E-state index in [4.69, 9.17) is 27.6 Å². The summed E-state index contributed by atoms with van der Waals surface area (Å²) in [4.78, 5) is 25.7. The van der Waals surface area contributed by atoms with E-state index in [9.17, 15) is 9.59 Å². The van der Waals surface area contributed by atoms with E-state index >= 15 is 0 Å². The summed E-state index contributed by atoms with van der Waals surface area (Å²) in [5.74, 6) is -0.118. The zero-order valence-electron chi connectivity index (χ0n) is 13.0. The maximum absolute atomic E-state index is 12.2. The molecule has 1 heterocycles. The lowest BCUT2D eigenvalue weighted by atomic mass is 10.3. The van der Waals surface area contributed by atoms with Gasteiger partial charge in [-0.1, -0.05) is 29.3 Å². The maximum Gasteiger partial charge on any atom is 0.247 e. The van der Waals surface area contributed by atoms with E-state index in [1.165, 1.54) is 17.2 Å². The van der Waals surface area contributed by atoms with Crippen molar-refractivity contribution < 1.29 is 14.0 Å². The first kappa shape index (κ1) is 18.1. The van der Waals surface area contributed by atoms with E-state index in [0.717, 1.165) is 0 Å². The van der Waals surface area contributed by atoms with Crippen LogP contribution >= 0.6 is 23.2 Å². The van der Waals surface area contributed by atoms with Crippen LogP contribution in [0.1, 0.15) is 12.7 Å². The summed E-state index contributed by atoms with van der Waals surface area (Å²) in [7, 11) is 0. The molecule has 0 radical (unpaired) electrons. The molecule has 7 heteroatoms. The van der Waals surface area contributed by atoms with Crippen LogP contribution in [0.4, 0.5) is 5.69 Å². The lowest BCUT2D eigenvalue weighted by molar-refractivity contribution is -0.130. The van der Waals surface area contributed by atoms with Crippen molar-refractivity contribution in [3.05, 3.63) is 58.5 Å². The number of nitrogens with zero attached hydrogens (tertiary/aromatic N) is 1. The molecule has 0 bridgehead atoms. The molecule has 2 aromatic rings. The molecule has 2 rings (SSSR count). The van der Waals surface area contributed by atoms with Gasteiger partial charge in [0.25, 0.3) is 0 Å². The Labute approximate surface area is 149 Å². The summed E-state index contributed by atoms with van der Waals surface area (Å²) >= 11 is 12.0. The lowest BCUT2D eigenvalue weighted by Crippen LogP contribution is -2.37. The number of hydrogen-bond acceptors (Lipinski definition) is 3. The Kier molecular flexibility index (Phi) is 6.46. The Morgan fingerprint density at radius 2 is 1.92 bits per heavy atom. The van der Waals surface area contributed by atoms with E-state index in [1.807, 2.05) is 0 Å². The van der Waals surface area contributed by atoms with Gasteiger partial charge >= 0.3 is 0 Å². The molecule has 1 aromatic carbocycles. The van der Waals surface area contributed by atoms with Crippen molar-refractivity contribution in [1.82, 2.24) is 4.90 Å². The number of likely N-dealkylation sites (N-methyl/N-ethyl adjacent to an activating group) is 1. The van der Waals surface area contributed by atoms with Crippen molar-refractivity contribution in [3.63, 3.8) is 0 Å². The summed E-state index contributed by atoms with van der Waals surface area (Å²) < 4.78 is 5.12. The number of hydrogen-bond donors (Lipinski definition) is 1. The lowest BCUT2D eigenvalue weighted by Gasteiger charge is -2.19. The predicted octanol–water partition coefficient (Wildman–Crippen LogP) is 4.09. The second-order valence-electron chi connectivity index (χ2n) is 4.85. The maximum atomic E-state index is 12.2. The third kappa shape index (κ3) is 4.88. The van der Waals surface area contributed by atoms with E-state index in [-0.39, 0.29) is 18.4 Å². The van der Waals surface area contributed by atoms with Gasteiger partial charge in [0.05, 0.1) is 22.0 Å². The van der Waals surface area contributed by atoms with Gasteiger partial charge in [0.15, 0.2) is 0 Å². The molecular weight excluding hydrogens is 351 g/mol. The minimum absolute atomic E-state index is 0.112. The number of halogens is 2. The normalized spacial score (nSPS) is 10.8. The fourth-order valence-electron chi connectivity index (χ4n) is 1.96. The predicted molar refractivity (Wildman–Crippen MR) is 95.1 cm³/mol. The van der Waals surface area contributed by atoms with Crippen LogP contribution in [0.2, 0.25) is 10.0 Å². The van der Waals surface area contributed by atoms with Crippen molar-refractivity contribution >= 4 is 46.8 Å². The minimum Gasteiger partial charge on any atom is -0.465 e. The molecule has 0 unspecified atom stereocenters. The van der Waals surface area contributed by atoms with Crippen molar-refractivity contribution in [1.29, 1.82) is 0 Å². The van der Waals surface area contributed by atoms with E-state index in [0.29, 0.717) is 28.0 Å². The highest BCUT2D eigenvalue weighted by Gasteiger charge is 2.15. The largest absolute Gasteiger partial charge is 0.465 e. The first-order chi connectivity index (χ1) is 11.5. The van der Waals surface area contributed by atoms with Crippen LogP contribution in [-0.2, 0) is 9.59 Å². The van der Waals surface area contributed by atoms with Gasteiger partial charge in [-0.05, 0) is 37.3 Å². The van der Waals surface area contributed by atoms with Crippen LogP contribution in [0.3, 0.4) is 0 Å². The highest BCUT2D eigenvalue weighted by molar-refractivity contribution is 6.39. The molecule has 0 aliphatic carbocycles. The number of furan rings is 1. The monoisotopic (exact) mass is 366 g/mol. The molecule has 0 saturated heterocycles. The third-order valence-electron chi connectivity index (χ3n) is 3.19. The minimum atomic E-state index is -0.383. The first-order valence-electron chi connectivity index (χ1n) is 7.25. The molecule has 0 atom stereocenters. The highest BCUT2D eigenvalue weighted by Crippen LogP contribution is 2.29. The molecule has 24 heavy (non-hydrogen) atoms. The second kappa shape index (κ2) is 8.57. The van der Waals surface area contributed by atoms with Gasteiger partial charge < -0.3 is 14.6 Å². The number of nitrogens with one attached hydrogen (secondary N) is 1. The summed E-state index contributed by atoms with van der Waals surface area (Å²) in [5, 5.41) is 3.30. The molecule has 0 fully saturated rings. The molecular formula is C17H16Cl2N2O3. The van der Waals surface area contributed by atoms with E-state index in [1.54, 1.807) is 43.3 Å². The average Bonchev–Trinajstić information content (AvgIpc) is 3.07. The van der Waals surface area contributed by atoms with E-state index < -0.39 is 0 Å². The smallest absolute Gasteiger partial charge is 0.247 e. The highest BCUT2D eigenvalue weighted by atomic mass is 35.5. The first-order valence-corrected chi connectivity index (χ1v) is 8.01. The number of anilines is 1. The molecule has 0 saturated carbocycles. The van der Waals surface area contributed by atoms with Gasteiger partial charge in [0.2, 0.25) is 11.8 Å². The van der Waals surface area contributed by atoms with Crippen molar-refractivity contribution in [2.24, 2.45) is 0 Å². The van der Waals surface area contributed by atoms with Gasteiger partial charge in [0.1, 0.15) is 12.3 Å². The third-order valence-corrected chi connectivity index (χ3v) is 3.82. The van der Waals surface area contributed by atoms with Crippen LogP contribution in [-0.4, -0.2) is 29.8 Å². The number of carbonyl (C=O) groups is 2. The molecule has 2 amide bonds. The fraction of sp³-hybridized carbons (Fsp3) is 0.176. The molecule has 5 nitrogen and oxygen atoms in total. The van der Waals surface area contributed by atoms with Crippen molar-refractivity contribution in [2.45, 2.75) is 6.92 Å². The number of para-hydroxylation sites is 1. The van der Waals surface area contributed by atoms with Gasteiger partial charge in [-0.25, -0.2) is 0 Å². The zero-order chi connectivity index (χ0) is 17.5. The molecule has 1 aromatic heterocycles. The van der Waals surface area contributed by atoms with Crippen LogP contribution in [0.5, 0.6) is 0 Å². The van der Waals surface area contributed by atoms with Gasteiger partial charge in [-0.3, -0.25) is 9.59 Å². The molecule has 0 spiro atoms. The van der Waals surface area contributed by atoms with Crippen molar-refractivity contribution in [2.75, 3.05) is 18.4 Å². The molecule has 0 aliphatic rings. The van der Waals surface area contributed by atoms with Gasteiger partial charge in [0, 0.05) is 12.6 Å². The second-order valence-corrected chi connectivity index (χ2v) is 5.66. The Hall–Kier alpha value is -2.24. The van der Waals surface area contributed by atoms with Crippen LogP contribution in [0.15, 0.2) is 47.1 Å². The van der Waals surface area contributed by atoms with E-state index in [2.05, 4.69) is 5.32 Å². The SMILES string of the molecule is CCN(CC(=O)Nc1c(Cl)cccc1Cl)C(=O)/C=C/c1ccco1. The summed E-state index contributed by atoms with van der Waals surface area (Å²) in [5.41, 5.74) is 0.334. The van der Waals surface area contributed by atoms with Crippen LogP contribution in [0.25, 0.3) is 6.08 Å². The number of amides is 2. The Morgan fingerprint density at radius 3 is 2.50 bits per heavy atom. The van der Waals surface area contributed by atoms with Crippen LogP contribution in [0, 0.1) is 0 Å². The summed E-state index contributed by atoms with van der Waals surface area (Å²) in [6.07, 6.45) is 4.43. The number of carbonyl (C=O) groups excluding carboxylic acids is 2. The molecule has 0 aliphatic heterocycles. The summed E-state index contributed by atoms with van der Waals surface area (Å²) in [6, 6.07) is 8.38. The Morgan fingerprint density at radius 1 is 1.21 bits per heavy atom. The topological polar surface area (TPSA) is 62.6 Å². The number of rotatable bonds is 6. The molecule has 1 N–H and O–H groups in total. The quantitative estimate of drug-likeness (QED) is 0.783. The van der Waals surface area contributed by atoms with Crippen molar-refractivity contribution in [3.8, 4) is 0 Å². The average molecular weight is 367 g/mol. The van der Waals surface area contributed by atoms with Crippen LogP contribution < -0.4 is 5.32 Å². The van der Waals surface area contributed by atoms with Gasteiger partial charge in [-0.15, -0.1) is 0 Å². The fourth-order valence-corrected chi connectivity index (χ4v) is 2.45. The Balaban J connectivity index is 1.99. The zero-order valence-corrected chi connectivity index (χ0v) is 14.5. The Bertz CT molecular complexity index is 722. The number of benzene rings is 1. The van der Waals surface area contributed by atoms with Gasteiger partial charge in [-0.2, -0.15) is 0 Å². The molecule has 126 valence electrons. The standard InChI is InChI=1S/C17H16Cl2N2O3/c1-2-21(16(23)9-8-12-5-4-10-24-12)11-15(22)20-17-13(18)6-3-7-14(17)19/h3-10H,2,11H2,1H3,(H,20,22)/b9-8+. The summed E-state index contributed by atoms with van der Waals surface area (Å²) in [6.45, 7) is 2.05.